The molecule has 1 aromatic heterocycles. The van der Waals surface area contributed by atoms with Crippen molar-refractivity contribution in [2.75, 3.05) is 39.3 Å². The van der Waals surface area contributed by atoms with E-state index in [0.717, 1.165) is 45.1 Å². The summed E-state index contributed by atoms with van der Waals surface area (Å²) in [6, 6.07) is 10.7. The average molecular weight is 463 g/mol. The fourth-order valence-corrected chi connectivity index (χ4v) is 4.61. The SMILES string of the molecule is Cl.O=C(NCCN1CCC(Cc2ccccc2)CC1)c1cn(CC2(O)CCNCC2)nn1. The van der Waals surface area contributed by atoms with Crippen LogP contribution in [-0.2, 0) is 13.0 Å². The minimum Gasteiger partial charge on any atom is -0.388 e. The van der Waals surface area contributed by atoms with Gasteiger partial charge in [0.2, 0.25) is 0 Å². The maximum atomic E-state index is 12.4. The van der Waals surface area contributed by atoms with Gasteiger partial charge < -0.3 is 20.6 Å². The molecule has 1 aromatic carbocycles. The number of hydrogen-bond acceptors (Lipinski definition) is 6. The summed E-state index contributed by atoms with van der Waals surface area (Å²) in [6.07, 6.45) is 6.55. The molecule has 9 heteroatoms. The van der Waals surface area contributed by atoms with Crippen LogP contribution in [0.2, 0.25) is 0 Å². The van der Waals surface area contributed by atoms with Crippen LogP contribution in [0.15, 0.2) is 36.5 Å². The third-order valence-corrected chi connectivity index (χ3v) is 6.55. The van der Waals surface area contributed by atoms with Gasteiger partial charge in [-0.15, -0.1) is 17.5 Å². The Hall–Kier alpha value is -2.00. The number of benzene rings is 1. The van der Waals surface area contributed by atoms with E-state index in [2.05, 4.69) is 56.2 Å². The Kier molecular flexibility index (Phi) is 9.04. The van der Waals surface area contributed by atoms with Gasteiger partial charge in [0.05, 0.1) is 18.3 Å². The molecule has 0 spiro atoms. The van der Waals surface area contributed by atoms with Crippen LogP contribution in [-0.4, -0.2) is 75.8 Å². The van der Waals surface area contributed by atoms with Crippen LogP contribution in [0.3, 0.4) is 0 Å². The van der Waals surface area contributed by atoms with E-state index in [9.17, 15) is 9.90 Å². The molecule has 2 aromatic rings. The smallest absolute Gasteiger partial charge is 0.273 e. The number of hydrogen-bond donors (Lipinski definition) is 3. The van der Waals surface area contributed by atoms with Gasteiger partial charge in [-0.3, -0.25) is 4.79 Å². The summed E-state index contributed by atoms with van der Waals surface area (Å²) in [6.45, 7) is 5.57. The second-order valence-electron chi connectivity index (χ2n) is 9.01. The number of carbonyl (C=O) groups is 1. The predicted molar refractivity (Wildman–Crippen MR) is 126 cm³/mol. The number of likely N-dealkylation sites (tertiary alicyclic amines) is 1. The van der Waals surface area contributed by atoms with E-state index >= 15 is 0 Å². The Morgan fingerprint density at radius 2 is 1.91 bits per heavy atom. The van der Waals surface area contributed by atoms with Gasteiger partial charge in [-0.05, 0) is 69.8 Å². The Labute approximate surface area is 196 Å². The monoisotopic (exact) mass is 462 g/mol. The van der Waals surface area contributed by atoms with Crippen LogP contribution in [0.25, 0.3) is 0 Å². The molecule has 0 bridgehead atoms. The van der Waals surface area contributed by atoms with Gasteiger partial charge in [0.15, 0.2) is 5.69 Å². The Bertz CT molecular complexity index is 832. The minimum atomic E-state index is -0.778. The van der Waals surface area contributed by atoms with Crippen molar-refractivity contribution in [2.24, 2.45) is 5.92 Å². The summed E-state index contributed by atoms with van der Waals surface area (Å²) in [5, 5.41) is 24.8. The molecule has 0 unspecified atom stereocenters. The maximum Gasteiger partial charge on any atom is 0.273 e. The van der Waals surface area contributed by atoms with Crippen LogP contribution in [0.5, 0.6) is 0 Å². The van der Waals surface area contributed by atoms with Gasteiger partial charge >= 0.3 is 0 Å². The van der Waals surface area contributed by atoms with Gasteiger partial charge in [0.1, 0.15) is 0 Å². The molecule has 4 rings (SSSR count). The zero-order valence-corrected chi connectivity index (χ0v) is 19.4. The number of halogens is 1. The lowest BCUT2D eigenvalue weighted by Crippen LogP contribution is -2.44. The Morgan fingerprint density at radius 1 is 1.19 bits per heavy atom. The lowest BCUT2D eigenvalue weighted by molar-refractivity contribution is -0.00866. The number of rotatable bonds is 8. The van der Waals surface area contributed by atoms with E-state index in [1.165, 1.54) is 18.4 Å². The summed E-state index contributed by atoms with van der Waals surface area (Å²) in [7, 11) is 0. The molecule has 2 aliphatic rings. The molecule has 176 valence electrons. The summed E-state index contributed by atoms with van der Waals surface area (Å²) < 4.78 is 1.58. The molecule has 0 saturated carbocycles. The number of amides is 1. The molecule has 0 radical (unpaired) electrons. The molecule has 3 N–H and O–H groups in total. The minimum absolute atomic E-state index is 0. The van der Waals surface area contributed by atoms with Gasteiger partial charge in [-0.1, -0.05) is 35.5 Å². The topological polar surface area (TPSA) is 95.3 Å². The van der Waals surface area contributed by atoms with Crippen LogP contribution in [0.1, 0.15) is 41.7 Å². The molecule has 2 aliphatic heterocycles. The second kappa shape index (κ2) is 11.7. The van der Waals surface area contributed by atoms with Crippen molar-refractivity contribution in [3.8, 4) is 0 Å². The molecule has 3 heterocycles. The highest BCUT2D eigenvalue weighted by Crippen LogP contribution is 2.21. The van der Waals surface area contributed by atoms with Gasteiger partial charge in [0, 0.05) is 13.1 Å². The fraction of sp³-hybridized carbons (Fsp3) is 0.609. The molecular formula is C23H35ClN6O2. The first-order valence-electron chi connectivity index (χ1n) is 11.5. The maximum absolute atomic E-state index is 12.4. The van der Waals surface area contributed by atoms with E-state index < -0.39 is 5.60 Å². The van der Waals surface area contributed by atoms with Crippen LogP contribution in [0.4, 0.5) is 0 Å². The van der Waals surface area contributed by atoms with Crippen LogP contribution in [0, 0.1) is 5.92 Å². The first kappa shape index (κ1) is 24.6. The molecule has 2 saturated heterocycles. The van der Waals surface area contributed by atoms with Crippen molar-refractivity contribution in [1.29, 1.82) is 0 Å². The number of aliphatic hydroxyl groups is 1. The zero-order chi connectivity index (χ0) is 21.5. The van der Waals surface area contributed by atoms with E-state index in [4.69, 9.17) is 0 Å². The number of piperidine rings is 2. The highest BCUT2D eigenvalue weighted by atomic mass is 35.5. The Morgan fingerprint density at radius 3 is 2.62 bits per heavy atom. The molecule has 0 atom stereocenters. The van der Waals surface area contributed by atoms with Crippen molar-refractivity contribution in [3.63, 3.8) is 0 Å². The zero-order valence-electron chi connectivity index (χ0n) is 18.6. The molecule has 0 aliphatic carbocycles. The highest BCUT2D eigenvalue weighted by molar-refractivity contribution is 5.91. The van der Waals surface area contributed by atoms with E-state index in [0.29, 0.717) is 31.6 Å². The quantitative estimate of drug-likeness (QED) is 0.550. The van der Waals surface area contributed by atoms with Crippen molar-refractivity contribution >= 4 is 18.3 Å². The summed E-state index contributed by atoms with van der Waals surface area (Å²) in [5.74, 6) is 0.542. The highest BCUT2D eigenvalue weighted by Gasteiger charge is 2.30. The molecule has 32 heavy (non-hydrogen) atoms. The van der Waals surface area contributed by atoms with Crippen molar-refractivity contribution in [1.82, 2.24) is 30.5 Å². The summed E-state index contributed by atoms with van der Waals surface area (Å²) in [4.78, 5) is 14.8. The molecule has 2 fully saturated rings. The molecular weight excluding hydrogens is 428 g/mol. The predicted octanol–water partition coefficient (Wildman–Crippen LogP) is 1.50. The normalized spacial score (nSPS) is 19.3. The average Bonchev–Trinajstić information content (AvgIpc) is 3.24. The van der Waals surface area contributed by atoms with Gasteiger partial charge in [-0.25, -0.2) is 4.68 Å². The van der Waals surface area contributed by atoms with Crippen LogP contribution < -0.4 is 10.6 Å². The van der Waals surface area contributed by atoms with E-state index in [1.54, 1.807) is 10.9 Å². The van der Waals surface area contributed by atoms with E-state index in [-0.39, 0.29) is 18.3 Å². The van der Waals surface area contributed by atoms with Gasteiger partial charge in [-0.2, -0.15) is 0 Å². The van der Waals surface area contributed by atoms with Crippen molar-refractivity contribution in [3.05, 3.63) is 47.8 Å². The summed E-state index contributed by atoms with van der Waals surface area (Å²) in [5.41, 5.74) is 0.951. The number of carbonyl (C=O) groups excluding carboxylic acids is 1. The second-order valence-corrected chi connectivity index (χ2v) is 9.01. The lowest BCUT2D eigenvalue weighted by atomic mass is 9.90. The number of aromatic nitrogens is 3. The van der Waals surface area contributed by atoms with Crippen molar-refractivity contribution in [2.45, 2.75) is 44.2 Å². The van der Waals surface area contributed by atoms with Gasteiger partial charge in [0.25, 0.3) is 5.91 Å². The fourth-order valence-electron chi connectivity index (χ4n) is 4.61. The molecule has 1 amide bonds. The number of nitrogens with zero attached hydrogens (tertiary/aromatic N) is 4. The van der Waals surface area contributed by atoms with Crippen molar-refractivity contribution < 1.29 is 9.90 Å². The first-order valence-corrected chi connectivity index (χ1v) is 11.5. The van der Waals surface area contributed by atoms with Crippen LogP contribution >= 0.6 is 12.4 Å². The Balaban J connectivity index is 0.00000289. The molecule has 8 nitrogen and oxygen atoms in total. The third kappa shape index (κ3) is 7.00. The largest absolute Gasteiger partial charge is 0.388 e. The summed E-state index contributed by atoms with van der Waals surface area (Å²) >= 11 is 0. The van der Waals surface area contributed by atoms with E-state index in [1.807, 2.05) is 0 Å². The number of nitrogens with one attached hydrogen (secondary N) is 2. The lowest BCUT2D eigenvalue weighted by Gasteiger charge is -2.32. The third-order valence-electron chi connectivity index (χ3n) is 6.55. The first-order chi connectivity index (χ1) is 15.1. The standard InChI is InChI=1S/C23H34N6O2.ClH/c30-22(21-17-29(27-26-21)18-23(31)8-10-24-11-9-23)25-12-15-28-13-6-20(7-14-28)16-19-4-2-1-3-5-19;/h1-5,17,20,24,31H,6-16,18H2,(H,25,30);1H.